The van der Waals surface area contributed by atoms with Gasteiger partial charge in [0.25, 0.3) is 5.91 Å². The maximum Gasteiger partial charge on any atom is 0.258 e. The van der Waals surface area contributed by atoms with E-state index in [1.165, 1.54) is 0 Å². The molecule has 0 unspecified atom stereocenters. The second-order valence-electron chi connectivity index (χ2n) is 4.43. The van der Waals surface area contributed by atoms with E-state index in [4.69, 9.17) is 5.11 Å². The number of carbonyl (C=O) groups is 1. The Hall–Kier alpha value is -2.71. The van der Waals surface area contributed by atoms with Crippen LogP contribution in [0.5, 0.6) is 0 Å². The van der Waals surface area contributed by atoms with Gasteiger partial charge in [-0.3, -0.25) is 9.78 Å². The molecule has 2 aromatic rings. The molecule has 0 aromatic carbocycles. The second kappa shape index (κ2) is 6.64. The van der Waals surface area contributed by atoms with Crippen molar-refractivity contribution < 1.29 is 9.90 Å². The van der Waals surface area contributed by atoms with Crippen LogP contribution in [0.25, 0.3) is 0 Å². The molecule has 2 heterocycles. The molecule has 106 valence electrons. The van der Waals surface area contributed by atoms with Gasteiger partial charge < -0.3 is 10.4 Å². The molecule has 0 spiro atoms. The number of anilines is 1. The molecule has 0 bridgehead atoms. The highest BCUT2D eigenvalue weighted by atomic mass is 16.2. The summed E-state index contributed by atoms with van der Waals surface area (Å²) >= 11 is 0. The monoisotopic (exact) mass is 281 g/mol. The minimum Gasteiger partial charge on any atom is -0.384 e. The number of aliphatic hydroxyl groups excluding tert-OH is 1. The van der Waals surface area contributed by atoms with Crippen LogP contribution < -0.4 is 5.32 Å². The first-order valence-corrected chi connectivity index (χ1v) is 6.41. The number of hydrogen-bond donors (Lipinski definition) is 2. The first-order chi connectivity index (χ1) is 10.1. The number of carbonyl (C=O) groups excluding carboxylic acids is 1. The minimum atomic E-state index is -0.264. The van der Waals surface area contributed by atoms with Gasteiger partial charge in [-0.1, -0.05) is 11.8 Å². The summed E-state index contributed by atoms with van der Waals surface area (Å²) in [6.45, 7) is 3.45. The van der Waals surface area contributed by atoms with Crippen molar-refractivity contribution in [3.05, 3.63) is 53.0 Å². The molecule has 0 radical (unpaired) electrons. The van der Waals surface area contributed by atoms with Gasteiger partial charge >= 0.3 is 0 Å². The minimum absolute atomic E-state index is 0.210. The van der Waals surface area contributed by atoms with Gasteiger partial charge in [-0.2, -0.15) is 0 Å². The highest BCUT2D eigenvalue weighted by molar-refractivity contribution is 6.04. The van der Waals surface area contributed by atoms with E-state index < -0.39 is 0 Å². The van der Waals surface area contributed by atoms with Crippen molar-refractivity contribution in [2.45, 2.75) is 13.8 Å². The number of rotatable bonds is 2. The van der Waals surface area contributed by atoms with Crippen molar-refractivity contribution in [3.8, 4) is 11.8 Å². The van der Waals surface area contributed by atoms with Gasteiger partial charge in [-0.25, -0.2) is 4.98 Å². The molecule has 1 amide bonds. The van der Waals surface area contributed by atoms with E-state index in [0.717, 1.165) is 5.69 Å². The topological polar surface area (TPSA) is 75.1 Å². The van der Waals surface area contributed by atoms with Crippen LogP contribution in [-0.2, 0) is 0 Å². The molecule has 0 aliphatic carbocycles. The van der Waals surface area contributed by atoms with Crippen LogP contribution in [0, 0.1) is 25.7 Å². The van der Waals surface area contributed by atoms with Crippen LogP contribution in [0.2, 0.25) is 0 Å². The Bertz CT molecular complexity index is 730. The fraction of sp³-hybridized carbons (Fsp3) is 0.188. The van der Waals surface area contributed by atoms with Crippen molar-refractivity contribution in [1.29, 1.82) is 0 Å². The van der Waals surface area contributed by atoms with Crippen LogP contribution in [0.4, 0.5) is 5.82 Å². The Balaban J connectivity index is 2.19. The predicted octanol–water partition coefficient (Wildman–Crippen LogP) is 1.69. The van der Waals surface area contributed by atoms with Crippen molar-refractivity contribution in [2.24, 2.45) is 0 Å². The highest BCUT2D eigenvalue weighted by Crippen LogP contribution is 2.11. The number of hydrogen-bond acceptors (Lipinski definition) is 4. The molecule has 5 nitrogen and oxygen atoms in total. The second-order valence-corrected chi connectivity index (χ2v) is 4.43. The molecule has 0 fully saturated rings. The van der Waals surface area contributed by atoms with Gasteiger partial charge in [-0.05, 0) is 38.1 Å². The maximum atomic E-state index is 12.2. The van der Waals surface area contributed by atoms with E-state index >= 15 is 0 Å². The number of nitrogens with one attached hydrogen (secondary N) is 1. The molecular formula is C16H15N3O2. The van der Waals surface area contributed by atoms with E-state index in [9.17, 15) is 4.79 Å². The average Bonchev–Trinajstić information content (AvgIpc) is 2.45. The molecule has 21 heavy (non-hydrogen) atoms. The van der Waals surface area contributed by atoms with Crippen molar-refractivity contribution in [2.75, 3.05) is 11.9 Å². The number of aliphatic hydroxyl groups is 1. The fourth-order valence-electron chi connectivity index (χ4n) is 1.83. The number of nitrogens with zero attached hydrogens (tertiary/aromatic N) is 2. The van der Waals surface area contributed by atoms with Crippen molar-refractivity contribution in [3.63, 3.8) is 0 Å². The highest BCUT2D eigenvalue weighted by Gasteiger charge is 2.10. The zero-order chi connectivity index (χ0) is 15.2. The molecule has 0 aliphatic heterocycles. The summed E-state index contributed by atoms with van der Waals surface area (Å²) in [5.74, 6) is 5.45. The Morgan fingerprint density at radius 3 is 2.86 bits per heavy atom. The molecule has 2 rings (SSSR count). The molecule has 0 saturated carbocycles. The standard InChI is InChI=1S/C16H15N3O2/c1-11-5-6-14(12(2)18-11)16(21)19-15-10-13(4-3-9-20)7-8-17-15/h5-8,10,20H,9H2,1-2H3,(H,17,19,21). The molecule has 5 heteroatoms. The Morgan fingerprint density at radius 2 is 2.14 bits per heavy atom. The SMILES string of the molecule is Cc1ccc(C(=O)Nc2cc(C#CCO)ccn2)c(C)n1. The summed E-state index contributed by atoms with van der Waals surface area (Å²) in [6.07, 6.45) is 1.55. The quantitative estimate of drug-likeness (QED) is 0.821. The Morgan fingerprint density at radius 1 is 1.33 bits per heavy atom. The summed E-state index contributed by atoms with van der Waals surface area (Å²) in [6, 6.07) is 6.88. The average molecular weight is 281 g/mol. The van der Waals surface area contributed by atoms with Gasteiger partial charge in [0, 0.05) is 17.5 Å². The lowest BCUT2D eigenvalue weighted by Crippen LogP contribution is -2.15. The zero-order valence-corrected chi connectivity index (χ0v) is 11.8. The van der Waals surface area contributed by atoms with Crippen molar-refractivity contribution >= 4 is 11.7 Å². The third-order valence-electron chi connectivity index (χ3n) is 2.78. The molecule has 2 aromatic heterocycles. The summed E-state index contributed by atoms with van der Waals surface area (Å²) in [5.41, 5.74) is 2.72. The van der Waals surface area contributed by atoms with Crippen LogP contribution in [0.1, 0.15) is 27.3 Å². The van der Waals surface area contributed by atoms with E-state index in [0.29, 0.717) is 22.6 Å². The summed E-state index contributed by atoms with van der Waals surface area (Å²) < 4.78 is 0. The lowest BCUT2D eigenvalue weighted by molar-refractivity contribution is 0.102. The number of amides is 1. The lowest BCUT2D eigenvalue weighted by atomic mass is 10.1. The first-order valence-electron chi connectivity index (χ1n) is 6.41. The largest absolute Gasteiger partial charge is 0.384 e. The predicted molar refractivity (Wildman–Crippen MR) is 79.9 cm³/mol. The molecule has 0 aliphatic rings. The summed E-state index contributed by atoms with van der Waals surface area (Å²) in [4.78, 5) is 20.5. The zero-order valence-electron chi connectivity index (χ0n) is 11.8. The van der Waals surface area contributed by atoms with Gasteiger partial charge in [-0.15, -0.1) is 0 Å². The Kier molecular flexibility index (Phi) is 4.64. The van der Waals surface area contributed by atoms with E-state index in [2.05, 4.69) is 27.1 Å². The van der Waals surface area contributed by atoms with Gasteiger partial charge in [0.15, 0.2) is 0 Å². The third kappa shape index (κ3) is 3.88. The number of pyridine rings is 2. The normalized spacial score (nSPS) is 9.67. The smallest absolute Gasteiger partial charge is 0.258 e. The van der Waals surface area contributed by atoms with Gasteiger partial charge in [0.2, 0.25) is 0 Å². The van der Waals surface area contributed by atoms with Crippen LogP contribution >= 0.6 is 0 Å². The number of aromatic nitrogens is 2. The van der Waals surface area contributed by atoms with Crippen LogP contribution in [0.3, 0.4) is 0 Å². The molecule has 0 atom stereocenters. The first kappa shape index (κ1) is 14.7. The summed E-state index contributed by atoms with van der Waals surface area (Å²) in [7, 11) is 0. The van der Waals surface area contributed by atoms with Crippen LogP contribution in [-0.4, -0.2) is 27.6 Å². The van der Waals surface area contributed by atoms with E-state index in [1.54, 1.807) is 37.4 Å². The maximum absolute atomic E-state index is 12.2. The fourth-order valence-corrected chi connectivity index (χ4v) is 1.83. The number of aryl methyl sites for hydroxylation is 2. The third-order valence-corrected chi connectivity index (χ3v) is 2.78. The van der Waals surface area contributed by atoms with Gasteiger partial charge in [0.05, 0.1) is 11.3 Å². The Labute approximate surface area is 123 Å². The van der Waals surface area contributed by atoms with E-state index in [-0.39, 0.29) is 12.5 Å². The molecule has 2 N–H and O–H groups in total. The van der Waals surface area contributed by atoms with Crippen molar-refractivity contribution in [1.82, 2.24) is 9.97 Å². The van der Waals surface area contributed by atoms with Crippen LogP contribution in [0.15, 0.2) is 30.5 Å². The van der Waals surface area contributed by atoms with E-state index in [1.807, 2.05) is 6.92 Å². The molecule has 0 saturated heterocycles. The lowest BCUT2D eigenvalue weighted by Gasteiger charge is -2.07. The van der Waals surface area contributed by atoms with Gasteiger partial charge in [0.1, 0.15) is 12.4 Å². The summed E-state index contributed by atoms with van der Waals surface area (Å²) in [5, 5.41) is 11.4. The molecular weight excluding hydrogens is 266 g/mol.